The molecule has 0 saturated heterocycles. The highest BCUT2D eigenvalue weighted by atomic mass is 79.9. The molecule has 7 nitrogen and oxygen atoms in total. The zero-order valence-electron chi connectivity index (χ0n) is 15.4. The number of sulfone groups is 1. The largest absolute Gasteiger partial charge is 0.383 e. The molecule has 0 radical (unpaired) electrons. The maximum atomic E-state index is 13.9. The van der Waals surface area contributed by atoms with E-state index in [1.165, 1.54) is 12.1 Å². The zero-order valence-corrected chi connectivity index (χ0v) is 18.6. The van der Waals surface area contributed by atoms with Gasteiger partial charge in [0.05, 0.1) is 10.6 Å². The predicted octanol–water partition coefficient (Wildman–Crippen LogP) is 3.70. The molecule has 2 aromatic carbocycles. The van der Waals surface area contributed by atoms with Crippen LogP contribution in [-0.4, -0.2) is 30.4 Å². The van der Waals surface area contributed by atoms with Crippen molar-refractivity contribution in [3.05, 3.63) is 58.6 Å². The number of amides is 1. The van der Waals surface area contributed by atoms with Crippen LogP contribution < -0.4 is 11.1 Å². The smallest absolute Gasteiger partial charge is 0.246 e. The van der Waals surface area contributed by atoms with Crippen molar-refractivity contribution in [2.24, 2.45) is 0 Å². The highest BCUT2D eigenvalue weighted by molar-refractivity contribution is 9.10. The van der Waals surface area contributed by atoms with Crippen LogP contribution in [0.3, 0.4) is 0 Å². The number of nitrogens with zero attached hydrogens (tertiary/aromatic N) is 2. The SMILES string of the molecule is CSc1nn(CC(=O)Nc2ccc(Br)cc2F)c(N)c1S(=O)(=O)c1ccc(F)cc1. The Labute approximate surface area is 183 Å². The molecule has 1 amide bonds. The van der Waals surface area contributed by atoms with Crippen molar-refractivity contribution in [2.45, 2.75) is 21.4 Å². The maximum Gasteiger partial charge on any atom is 0.246 e. The molecule has 0 unspecified atom stereocenters. The van der Waals surface area contributed by atoms with Crippen molar-refractivity contribution in [1.29, 1.82) is 0 Å². The number of carbonyl (C=O) groups is 1. The van der Waals surface area contributed by atoms with Crippen molar-refractivity contribution in [1.82, 2.24) is 9.78 Å². The fraction of sp³-hybridized carbons (Fsp3) is 0.111. The number of anilines is 2. The van der Waals surface area contributed by atoms with Crippen LogP contribution in [0.4, 0.5) is 20.3 Å². The molecule has 0 aliphatic carbocycles. The Balaban J connectivity index is 1.91. The molecule has 0 atom stereocenters. The Morgan fingerprint density at radius 3 is 2.50 bits per heavy atom. The summed E-state index contributed by atoms with van der Waals surface area (Å²) in [5.41, 5.74) is 5.95. The fourth-order valence-corrected chi connectivity index (χ4v) is 5.35. The van der Waals surface area contributed by atoms with E-state index in [2.05, 4.69) is 26.3 Å². The van der Waals surface area contributed by atoms with Crippen LogP contribution >= 0.6 is 27.7 Å². The van der Waals surface area contributed by atoms with Crippen LogP contribution in [0.25, 0.3) is 0 Å². The molecule has 0 aliphatic heterocycles. The Morgan fingerprint density at radius 1 is 1.23 bits per heavy atom. The van der Waals surface area contributed by atoms with E-state index in [-0.39, 0.29) is 26.3 Å². The molecule has 0 spiro atoms. The lowest BCUT2D eigenvalue weighted by Gasteiger charge is -2.08. The number of nitrogens with one attached hydrogen (secondary N) is 1. The molecule has 0 aliphatic rings. The number of benzene rings is 2. The van der Waals surface area contributed by atoms with Crippen LogP contribution in [-0.2, 0) is 21.2 Å². The van der Waals surface area contributed by atoms with Crippen LogP contribution in [0, 0.1) is 11.6 Å². The molecule has 3 aromatic rings. The summed E-state index contributed by atoms with van der Waals surface area (Å²) in [4.78, 5) is 11.9. The second-order valence-electron chi connectivity index (χ2n) is 6.01. The molecular formula is C18H15BrF2N4O3S2. The number of aromatic nitrogens is 2. The minimum Gasteiger partial charge on any atom is -0.383 e. The standard InChI is InChI=1S/C18H15BrF2N4O3S2/c1-29-18-16(30(27,28)12-5-3-11(20)4-6-12)17(22)25(24-18)9-15(26)23-14-7-2-10(19)8-13(14)21/h2-8H,9,22H2,1H3,(H,23,26). The van der Waals surface area contributed by atoms with E-state index in [0.29, 0.717) is 4.47 Å². The van der Waals surface area contributed by atoms with Gasteiger partial charge in [-0.15, -0.1) is 11.8 Å². The highest BCUT2D eigenvalue weighted by Crippen LogP contribution is 2.34. The third kappa shape index (κ3) is 4.50. The summed E-state index contributed by atoms with van der Waals surface area (Å²) in [5.74, 6) is -2.13. The monoisotopic (exact) mass is 516 g/mol. The number of nitrogens with two attached hydrogens (primary N) is 1. The summed E-state index contributed by atoms with van der Waals surface area (Å²) < 4.78 is 54.6. The molecule has 12 heteroatoms. The van der Waals surface area contributed by atoms with Gasteiger partial charge in [-0.25, -0.2) is 21.9 Å². The average Bonchev–Trinajstić information content (AvgIpc) is 3.00. The van der Waals surface area contributed by atoms with E-state index in [0.717, 1.165) is 40.7 Å². The Morgan fingerprint density at radius 2 is 1.90 bits per heavy atom. The van der Waals surface area contributed by atoms with Gasteiger partial charge in [0.25, 0.3) is 0 Å². The van der Waals surface area contributed by atoms with Crippen LogP contribution in [0.2, 0.25) is 0 Å². The first-order valence-electron chi connectivity index (χ1n) is 8.29. The molecule has 1 aromatic heterocycles. The van der Waals surface area contributed by atoms with Crippen molar-refractivity contribution in [3.8, 4) is 0 Å². The Hall–Kier alpha value is -2.44. The normalized spacial score (nSPS) is 11.5. The number of thioether (sulfide) groups is 1. The molecule has 0 bridgehead atoms. The molecular weight excluding hydrogens is 502 g/mol. The molecule has 3 rings (SSSR count). The second-order valence-corrected chi connectivity index (χ2v) is 9.61. The predicted molar refractivity (Wildman–Crippen MR) is 113 cm³/mol. The molecule has 30 heavy (non-hydrogen) atoms. The van der Waals surface area contributed by atoms with Gasteiger partial charge in [-0.05, 0) is 48.7 Å². The number of hydrogen-bond donors (Lipinski definition) is 2. The molecule has 0 saturated carbocycles. The van der Waals surface area contributed by atoms with Crippen molar-refractivity contribution in [3.63, 3.8) is 0 Å². The Kier molecular flexibility index (Phi) is 6.48. The first-order chi connectivity index (χ1) is 14.1. The minimum absolute atomic E-state index is 0.0434. The maximum absolute atomic E-state index is 13.9. The number of carbonyl (C=O) groups excluding carboxylic acids is 1. The lowest BCUT2D eigenvalue weighted by Crippen LogP contribution is -2.21. The fourth-order valence-electron chi connectivity index (χ4n) is 2.59. The number of rotatable bonds is 6. The van der Waals surface area contributed by atoms with Gasteiger partial charge < -0.3 is 11.1 Å². The molecule has 1 heterocycles. The zero-order chi connectivity index (χ0) is 22.1. The van der Waals surface area contributed by atoms with Crippen molar-refractivity contribution in [2.75, 3.05) is 17.3 Å². The van der Waals surface area contributed by atoms with E-state index in [4.69, 9.17) is 5.73 Å². The quantitative estimate of drug-likeness (QED) is 0.382. The summed E-state index contributed by atoms with van der Waals surface area (Å²) in [6, 6.07) is 8.40. The van der Waals surface area contributed by atoms with Crippen molar-refractivity contribution >= 4 is 54.9 Å². The van der Waals surface area contributed by atoms with Gasteiger partial charge in [-0.2, -0.15) is 5.10 Å². The summed E-state index contributed by atoms with van der Waals surface area (Å²) in [5, 5.41) is 6.57. The first-order valence-corrected chi connectivity index (χ1v) is 11.8. The van der Waals surface area contributed by atoms with Crippen LogP contribution in [0.5, 0.6) is 0 Å². The van der Waals surface area contributed by atoms with Gasteiger partial charge in [0.2, 0.25) is 15.7 Å². The topological polar surface area (TPSA) is 107 Å². The van der Waals surface area contributed by atoms with Gasteiger partial charge in [0, 0.05) is 4.47 Å². The van der Waals surface area contributed by atoms with Gasteiger partial charge >= 0.3 is 0 Å². The van der Waals surface area contributed by atoms with Gasteiger partial charge in [0.15, 0.2) is 0 Å². The van der Waals surface area contributed by atoms with E-state index in [1.54, 1.807) is 12.3 Å². The van der Waals surface area contributed by atoms with E-state index < -0.39 is 33.9 Å². The number of halogens is 3. The van der Waals surface area contributed by atoms with E-state index >= 15 is 0 Å². The van der Waals surface area contributed by atoms with Crippen LogP contribution in [0.15, 0.2) is 61.8 Å². The van der Waals surface area contributed by atoms with E-state index in [9.17, 15) is 22.0 Å². The number of nitrogen functional groups attached to an aromatic ring is 1. The third-order valence-electron chi connectivity index (χ3n) is 4.00. The second kappa shape index (κ2) is 8.74. The van der Waals surface area contributed by atoms with Crippen LogP contribution in [0.1, 0.15) is 0 Å². The summed E-state index contributed by atoms with van der Waals surface area (Å²) in [6.45, 7) is -0.437. The summed E-state index contributed by atoms with van der Waals surface area (Å²) in [6.07, 6.45) is 1.60. The first kappa shape index (κ1) is 22.2. The highest BCUT2D eigenvalue weighted by Gasteiger charge is 2.29. The molecule has 3 N–H and O–H groups in total. The minimum atomic E-state index is -4.11. The molecule has 0 fully saturated rings. The summed E-state index contributed by atoms with van der Waals surface area (Å²) in [7, 11) is -4.11. The van der Waals surface area contributed by atoms with Gasteiger partial charge in [-0.1, -0.05) is 15.9 Å². The molecule has 158 valence electrons. The van der Waals surface area contributed by atoms with E-state index in [1.807, 2.05) is 0 Å². The number of hydrogen-bond acceptors (Lipinski definition) is 6. The lowest BCUT2D eigenvalue weighted by molar-refractivity contribution is -0.116. The van der Waals surface area contributed by atoms with Crippen molar-refractivity contribution < 1.29 is 22.0 Å². The van der Waals surface area contributed by atoms with Gasteiger partial charge in [0.1, 0.15) is 33.9 Å². The Bertz CT molecular complexity index is 1210. The third-order valence-corrected chi connectivity index (χ3v) is 7.13. The van der Waals surface area contributed by atoms with Gasteiger partial charge in [-0.3, -0.25) is 4.79 Å². The lowest BCUT2D eigenvalue weighted by atomic mass is 10.3. The summed E-state index contributed by atoms with van der Waals surface area (Å²) >= 11 is 4.15. The average molecular weight is 517 g/mol.